The summed E-state index contributed by atoms with van der Waals surface area (Å²) >= 11 is 0. The van der Waals surface area contributed by atoms with Crippen LogP contribution in [0.1, 0.15) is 59.3 Å². The molecule has 0 rings (SSSR count). The zero-order valence-corrected chi connectivity index (χ0v) is 10.4. The molecular formula is C12H26O3. The van der Waals surface area contributed by atoms with Gasteiger partial charge >= 0.3 is 5.97 Å². The predicted octanol–water partition coefficient (Wildman–Crippen LogP) is 2.91. The smallest absolute Gasteiger partial charge is 0.302 e. The van der Waals surface area contributed by atoms with Gasteiger partial charge in [-0.05, 0) is 12.8 Å². The molecule has 0 aliphatic heterocycles. The summed E-state index contributed by atoms with van der Waals surface area (Å²) in [6.07, 6.45) is 6.64. The number of hydrogen-bond donors (Lipinski definition) is 1. The molecular weight excluding hydrogens is 192 g/mol. The zero-order chi connectivity index (χ0) is 11.9. The van der Waals surface area contributed by atoms with Crippen molar-refractivity contribution in [1.82, 2.24) is 0 Å². The van der Waals surface area contributed by atoms with Gasteiger partial charge in [0.05, 0.1) is 6.61 Å². The van der Waals surface area contributed by atoms with Crippen LogP contribution in [0.3, 0.4) is 0 Å². The van der Waals surface area contributed by atoms with Gasteiger partial charge in [-0.15, -0.1) is 0 Å². The molecule has 0 amide bonds. The molecule has 0 aromatic carbocycles. The molecule has 0 atom stereocenters. The van der Waals surface area contributed by atoms with E-state index in [4.69, 9.17) is 9.84 Å². The Kier molecular flexibility index (Phi) is 17.8. The fourth-order valence-electron chi connectivity index (χ4n) is 0.930. The third kappa shape index (κ3) is 24.7. The Balaban J connectivity index is 0. The molecule has 0 aliphatic carbocycles. The Morgan fingerprint density at radius 3 is 1.93 bits per heavy atom. The van der Waals surface area contributed by atoms with Crippen molar-refractivity contribution in [3.05, 3.63) is 0 Å². The highest BCUT2D eigenvalue weighted by Gasteiger charge is 1.89. The van der Waals surface area contributed by atoms with Gasteiger partial charge < -0.3 is 9.84 Å². The molecule has 0 radical (unpaired) electrons. The molecule has 0 saturated heterocycles. The topological polar surface area (TPSA) is 46.5 Å². The van der Waals surface area contributed by atoms with Crippen LogP contribution in [0.4, 0.5) is 0 Å². The van der Waals surface area contributed by atoms with Crippen molar-refractivity contribution in [2.24, 2.45) is 0 Å². The Morgan fingerprint density at radius 1 is 1.07 bits per heavy atom. The Labute approximate surface area is 93.8 Å². The number of carbonyl (C=O) groups excluding carboxylic acids is 1. The number of aliphatic hydroxyl groups is 1. The molecule has 0 heterocycles. The van der Waals surface area contributed by atoms with Crippen LogP contribution >= 0.6 is 0 Å². The lowest BCUT2D eigenvalue weighted by Gasteiger charge is -1.98. The van der Waals surface area contributed by atoms with Gasteiger partial charge in [-0.2, -0.15) is 0 Å². The minimum absolute atomic E-state index is 0.175. The number of esters is 1. The van der Waals surface area contributed by atoms with Gasteiger partial charge in [0.25, 0.3) is 0 Å². The number of rotatable bonds is 7. The van der Waals surface area contributed by atoms with E-state index >= 15 is 0 Å². The summed E-state index contributed by atoms with van der Waals surface area (Å²) in [6.45, 7) is 6.62. The lowest BCUT2D eigenvalue weighted by molar-refractivity contribution is -0.141. The molecule has 92 valence electrons. The largest absolute Gasteiger partial charge is 0.466 e. The maximum Gasteiger partial charge on any atom is 0.302 e. The van der Waals surface area contributed by atoms with Crippen LogP contribution < -0.4 is 0 Å². The number of ether oxygens (including phenoxy) is 1. The molecule has 0 aromatic rings. The Hall–Kier alpha value is -0.570. The van der Waals surface area contributed by atoms with E-state index in [0.29, 0.717) is 13.2 Å². The van der Waals surface area contributed by atoms with Gasteiger partial charge in [0.15, 0.2) is 0 Å². The summed E-state index contributed by atoms with van der Waals surface area (Å²) in [6, 6.07) is 0. The number of unbranched alkanes of at least 4 members (excludes halogenated alkanes) is 4. The molecule has 15 heavy (non-hydrogen) atoms. The fraction of sp³-hybridized carbons (Fsp3) is 0.917. The van der Waals surface area contributed by atoms with Crippen molar-refractivity contribution in [3.8, 4) is 0 Å². The number of carbonyl (C=O) groups is 1. The van der Waals surface area contributed by atoms with E-state index in [0.717, 1.165) is 25.7 Å². The summed E-state index contributed by atoms with van der Waals surface area (Å²) in [4.78, 5) is 10.2. The second-order valence-electron chi connectivity index (χ2n) is 3.48. The number of aliphatic hydroxyl groups excluding tert-OH is 1. The Morgan fingerprint density at radius 2 is 1.60 bits per heavy atom. The lowest BCUT2D eigenvalue weighted by atomic mass is 10.3. The predicted molar refractivity (Wildman–Crippen MR) is 62.8 cm³/mol. The molecule has 0 unspecified atom stereocenters. The SMILES string of the molecule is CCCCCO.CCCCCOC(C)=O. The van der Waals surface area contributed by atoms with E-state index in [1.165, 1.54) is 19.8 Å². The van der Waals surface area contributed by atoms with Gasteiger partial charge in [0, 0.05) is 13.5 Å². The summed E-state index contributed by atoms with van der Waals surface area (Å²) in [5, 5.41) is 8.20. The van der Waals surface area contributed by atoms with Crippen molar-refractivity contribution in [1.29, 1.82) is 0 Å². The molecule has 3 nitrogen and oxygen atoms in total. The molecule has 3 heteroatoms. The molecule has 1 N–H and O–H groups in total. The van der Waals surface area contributed by atoms with Crippen LogP contribution in [-0.2, 0) is 9.53 Å². The third-order valence-corrected chi connectivity index (χ3v) is 1.81. The van der Waals surface area contributed by atoms with Crippen molar-refractivity contribution >= 4 is 5.97 Å². The second-order valence-corrected chi connectivity index (χ2v) is 3.48. The average molecular weight is 218 g/mol. The third-order valence-electron chi connectivity index (χ3n) is 1.81. The van der Waals surface area contributed by atoms with Gasteiger partial charge in [-0.25, -0.2) is 0 Å². The van der Waals surface area contributed by atoms with Gasteiger partial charge in [-0.1, -0.05) is 39.5 Å². The highest BCUT2D eigenvalue weighted by Crippen LogP contribution is 1.93. The summed E-state index contributed by atoms with van der Waals surface area (Å²) in [5.74, 6) is -0.175. The standard InChI is InChI=1S/C7H14O2.C5H12O/c1-3-4-5-6-9-7(2)8;1-2-3-4-5-6/h3-6H2,1-2H3;6H,2-5H2,1H3. The average Bonchev–Trinajstić information content (AvgIpc) is 2.22. The van der Waals surface area contributed by atoms with Crippen LogP contribution in [0, 0.1) is 0 Å². The van der Waals surface area contributed by atoms with E-state index in [9.17, 15) is 4.79 Å². The van der Waals surface area contributed by atoms with Crippen LogP contribution in [0.15, 0.2) is 0 Å². The minimum Gasteiger partial charge on any atom is -0.466 e. The molecule has 0 bridgehead atoms. The fourth-order valence-corrected chi connectivity index (χ4v) is 0.930. The first-order valence-corrected chi connectivity index (χ1v) is 5.93. The Bertz CT molecular complexity index is 120. The van der Waals surface area contributed by atoms with Gasteiger partial charge in [0.2, 0.25) is 0 Å². The first kappa shape index (κ1) is 16.8. The van der Waals surface area contributed by atoms with Crippen LogP contribution in [0.2, 0.25) is 0 Å². The lowest BCUT2D eigenvalue weighted by Crippen LogP contribution is -1.99. The van der Waals surface area contributed by atoms with E-state index in [2.05, 4.69) is 13.8 Å². The first-order chi connectivity index (χ1) is 7.18. The van der Waals surface area contributed by atoms with E-state index < -0.39 is 0 Å². The maximum absolute atomic E-state index is 10.2. The molecule has 0 spiro atoms. The van der Waals surface area contributed by atoms with Crippen molar-refractivity contribution in [3.63, 3.8) is 0 Å². The van der Waals surface area contributed by atoms with Gasteiger partial charge in [0.1, 0.15) is 0 Å². The van der Waals surface area contributed by atoms with E-state index in [1.807, 2.05) is 0 Å². The summed E-state index contributed by atoms with van der Waals surface area (Å²) in [5.41, 5.74) is 0. The van der Waals surface area contributed by atoms with Crippen LogP contribution in [-0.4, -0.2) is 24.3 Å². The molecule has 0 aliphatic rings. The maximum atomic E-state index is 10.2. The van der Waals surface area contributed by atoms with Crippen LogP contribution in [0.5, 0.6) is 0 Å². The summed E-state index contributed by atoms with van der Waals surface area (Å²) in [7, 11) is 0. The molecule has 0 fully saturated rings. The van der Waals surface area contributed by atoms with Crippen molar-refractivity contribution in [2.75, 3.05) is 13.2 Å². The monoisotopic (exact) mass is 218 g/mol. The normalized spacial score (nSPS) is 9.07. The second kappa shape index (κ2) is 15.9. The van der Waals surface area contributed by atoms with Crippen molar-refractivity contribution < 1.29 is 14.6 Å². The summed E-state index contributed by atoms with van der Waals surface area (Å²) < 4.78 is 4.70. The zero-order valence-electron chi connectivity index (χ0n) is 10.4. The quantitative estimate of drug-likeness (QED) is 0.528. The highest BCUT2D eigenvalue weighted by molar-refractivity contribution is 5.65. The van der Waals surface area contributed by atoms with Crippen molar-refractivity contribution in [2.45, 2.75) is 59.3 Å². The van der Waals surface area contributed by atoms with Crippen LogP contribution in [0.25, 0.3) is 0 Å². The highest BCUT2D eigenvalue weighted by atomic mass is 16.5. The first-order valence-electron chi connectivity index (χ1n) is 5.93. The minimum atomic E-state index is -0.175. The van der Waals surface area contributed by atoms with E-state index in [1.54, 1.807) is 0 Å². The van der Waals surface area contributed by atoms with E-state index in [-0.39, 0.29) is 5.97 Å². The molecule has 0 aromatic heterocycles. The number of hydrogen-bond acceptors (Lipinski definition) is 3. The van der Waals surface area contributed by atoms with Gasteiger partial charge in [-0.3, -0.25) is 4.79 Å². The molecule has 0 saturated carbocycles.